The van der Waals surface area contributed by atoms with Gasteiger partial charge in [0.2, 0.25) is 5.91 Å². The van der Waals surface area contributed by atoms with Gasteiger partial charge in [0, 0.05) is 0 Å². The van der Waals surface area contributed by atoms with Crippen LogP contribution in [-0.4, -0.2) is 15.7 Å². The van der Waals surface area contributed by atoms with Gasteiger partial charge >= 0.3 is 0 Å². The summed E-state index contributed by atoms with van der Waals surface area (Å²) >= 11 is 6.03. The number of carbonyl (C=O) groups excluding carboxylic acids is 1. The predicted octanol–water partition coefficient (Wildman–Crippen LogP) is 1.17. The SMILES string of the molecule is Cc1nn(CC(C)(C)C(=O)NN)c(C)c1Cl. The smallest absolute Gasteiger partial charge is 0.241 e. The highest BCUT2D eigenvalue weighted by atomic mass is 35.5. The summed E-state index contributed by atoms with van der Waals surface area (Å²) in [4.78, 5) is 11.5. The zero-order valence-corrected chi connectivity index (χ0v) is 10.7. The average molecular weight is 245 g/mol. The van der Waals surface area contributed by atoms with Gasteiger partial charge in [-0.1, -0.05) is 11.6 Å². The van der Waals surface area contributed by atoms with Crippen LogP contribution in [0.3, 0.4) is 0 Å². The highest BCUT2D eigenvalue weighted by molar-refractivity contribution is 6.31. The summed E-state index contributed by atoms with van der Waals surface area (Å²) in [5.41, 5.74) is 3.15. The number of hydrogen-bond acceptors (Lipinski definition) is 3. The van der Waals surface area contributed by atoms with Crippen molar-refractivity contribution in [2.24, 2.45) is 11.3 Å². The summed E-state index contributed by atoms with van der Waals surface area (Å²) in [5.74, 6) is 4.90. The van der Waals surface area contributed by atoms with Crippen molar-refractivity contribution in [1.82, 2.24) is 15.2 Å². The lowest BCUT2D eigenvalue weighted by Crippen LogP contribution is -2.43. The number of nitrogens with two attached hydrogens (primary N) is 1. The third-order valence-corrected chi connectivity index (χ3v) is 3.13. The Morgan fingerprint density at radius 3 is 2.50 bits per heavy atom. The van der Waals surface area contributed by atoms with E-state index in [1.54, 1.807) is 18.5 Å². The van der Waals surface area contributed by atoms with Gasteiger partial charge in [0.15, 0.2) is 0 Å². The van der Waals surface area contributed by atoms with Crippen LogP contribution in [0.2, 0.25) is 5.02 Å². The van der Waals surface area contributed by atoms with Crippen molar-refractivity contribution in [1.29, 1.82) is 0 Å². The summed E-state index contributed by atoms with van der Waals surface area (Å²) in [6.07, 6.45) is 0. The van der Waals surface area contributed by atoms with E-state index in [9.17, 15) is 4.79 Å². The van der Waals surface area contributed by atoms with Crippen molar-refractivity contribution in [3.8, 4) is 0 Å². The van der Waals surface area contributed by atoms with Gasteiger partial charge < -0.3 is 0 Å². The van der Waals surface area contributed by atoms with Crippen LogP contribution in [0.5, 0.6) is 0 Å². The van der Waals surface area contributed by atoms with Crippen LogP contribution in [0.25, 0.3) is 0 Å². The van der Waals surface area contributed by atoms with E-state index in [0.717, 1.165) is 11.4 Å². The van der Waals surface area contributed by atoms with E-state index in [4.69, 9.17) is 17.4 Å². The molecule has 1 aromatic rings. The third-order valence-electron chi connectivity index (χ3n) is 2.58. The molecule has 0 atom stereocenters. The standard InChI is InChI=1S/C10H17ClN4O/c1-6-8(11)7(2)15(14-6)5-10(3,4)9(16)13-12/h5,12H2,1-4H3,(H,13,16). The molecule has 0 radical (unpaired) electrons. The lowest BCUT2D eigenvalue weighted by Gasteiger charge is -2.22. The number of hydrogen-bond donors (Lipinski definition) is 2. The number of halogens is 1. The summed E-state index contributed by atoms with van der Waals surface area (Å²) in [5, 5.41) is 4.92. The fourth-order valence-electron chi connectivity index (χ4n) is 1.47. The van der Waals surface area contributed by atoms with Crippen LogP contribution in [0, 0.1) is 19.3 Å². The molecule has 0 aliphatic heterocycles. The third kappa shape index (κ3) is 2.36. The van der Waals surface area contributed by atoms with E-state index in [1.165, 1.54) is 0 Å². The van der Waals surface area contributed by atoms with Crippen molar-refractivity contribution in [2.45, 2.75) is 34.2 Å². The quantitative estimate of drug-likeness (QED) is 0.476. The molecule has 0 saturated heterocycles. The first-order valence-electron chi connectivity index (χ1n) is 5.00. The van der Waals surface area contributed by atoms with Gasteiger partial charge in [-0.3, -0.25) is 14.9 Å². The molecule has 1 amide bonds. The van der Waals surface area contributed by atoms with Crippen molar-refractivity contribution < 1.29 is 4.79 Å². The number of rotatable bonds is 3. The van der Waals surface area contributed by atoms with Gasteiger partial charge in [0.1, 0.15) is 0 Å². The van der Waals surface area contributed by atoms with Crippen molar-refractivity contribution in [3.05, 3.63) is 16.4 Å². The molecule has 0 bridgehead atoms. The van der Waals surface area contributed by atoms with Gasteiger partial charge in [-0.05, 0) is 27.7 Å². The fourth-order valence-corrected chi connectivity index (χ4v) is 1.61. The molecule has 0 fully saturated rings. The van der Waals surface area contributed by atoms with Gasteiger partial charge in [-0.2, -0.15) is 5.10 Å². The van der Waals surface area contributed by atoms with Crippen LogP contribution < -0.4 is 11.3 Å². The first-order valence-corrected chi connectivity index (χ1v) is 5.38. The molecule has 16 heavy (non-hydrogen) atoms. The Labute approximate surface area is 99.9 Å². The van der Waals surface area contributed by atoms with Crippen molar-refractivity contribution in [2.75, 3.05) is 0 Å². The average Bonchev–Trinajstić information content (AvgIpc) is 2.44. The maximum Gasteiger partial charge on any atom is 0.241 e. The second-order valence-corrected chi connectivity index (χ2v) is 4.88. The molecule has 0 aliphatic rings. The van der Waals surface area contributed by atoms with Gasteiger partial charge in [-0.25, -0.2) is 5.84 Å². The lowest BCUT2D eigenvalue weighted by molar-refractivity contribution is -0.130. The number of aromatic nitrogens is 2. The molecule has 0 aromatic carbocycles. The minimum Gasteiger partial charge on any atom is -0.294 e. The largest absolute Gasteiger partial charge is 0.294 e. The molecule has 0 aliphatic carbocycles. The maximum atomic E-state index is 11.5. The highest BCUT2D eigenvalue weighted by Gasteiger charge is 2.29. The Hall–Kier alpha value is -1.07. The molecular formula is C10H17ClN4O. The summed E-state index contributed by atoms with van der Waals surface area (Å²) in [6, 6.07) is 0. The molecule has 90 valence electrons. The summed E-state index contributed by atoms with van der Waals surface area (Å²) in [6.45, 7) is 7.76. The topological polar surface area (TPSA) is 72.9 Å². The van der Waals surface area contributed by atoms with Crippen molar-refractivity contribution >= 4 is 17.5 Å². The molecular weight excluding hydrogens is 228 g/mol. The second-order valence-electron chi connectivity index (χ2n) is 4.50. The highest BCUT2D eigenvalue weighted by Crippen LogP contribution is 2.24. The molecule has 0 unspecified atom stereocenters. The molecule has 0 saturated carbocycles. The first-order chi connectivity index (χ1) is 7.29. The van der Waals surface area contributed by atoms with Gasteiger partial charge in [-0.15, -0.1) is 0 Å². The maximum absolute atomic E-state index is 11.5. The molecule has 1 rings (SSSR count). The normalized spacial score (nSPS) is 11.6. The van der Waals surface area contributed by atoms with E-state index in [0.29, 0.717) is 11.6 Å². The Morgan fingerprint density at radius 2 is 2.12 bits per heavy atom. The number of carbonyl (C=O) groups is 1. The van der Waals surface area contributed by atoms with Crippen molar-refractivity contribution in [3.63, 3.8) is 0 Å². The van der Waals surface area contributed by atoms with Crippen LogP contribution in [-0.2, 0) is 11.3 Å². The Morgan fingerprint density at radius 1 is 1.56 bits per heavy atom. The molecule has 3 N–H and O–H groups in total. The van der Waals surface area contributed by atoms with Gasteiger partial charge in [0.25, 0.3) is 0 Å². The lowest BCUT2D eigenvalue weighted by atomic mass is 9.92. The fraction of sp³-hybridized carbons (Fsp3) is 0.600. The summed E-state index contributed by atoms with van der Waals surface area (Å²) in [7, 11) is 0. The Balaban J connectivity index is 2.96. The zero-order valence-electron chi connectivity index (χ0n) is 9.97. The molecule has 6 heteroatoms. The molecule has 1 heterocycles. The van der Waals surface area contributed by atoms with Crippen LogP contribution in [0.15, 0.2) is 0 Å². The number of nitrogens with zero attached hydrogens (tertiary/aromatic N) is 2. The first kappa shape index (κ1) is 13.0. The number of aryl methyl sites for hydroxylation is 1. The van der Waals surface area contributed by atoms with Gasteiger partial charge in [0.05, 0.1) is 28.4 Å². The van der Waals surface area contributed by atoms with E-state index in [2.05, 4.69) is 10.5 Å². The predicted molar refractivity (Wildman–Crippen MR) is 62.8 cm³/mol. The van der Waals surface area contributed by atoms with Crippen LogP contribution >= 0.6 is 11.6 Å². The zero-order chi connectivity index (χ0) is 12.5. The number of amides is 1. The summed E-state index contributed by atoms with van der Waals surface area (Å²) < 4.78 is 1.73. The molecule has 1 aromatic heterocycles. The minimum absolute atomic E-state index is 0.226. The number of nitrogens with one attached hydrogen (secondary N) is 1. The van der Waals surface area contributed by atoms with Crippen LogP contribution in [0.4, 0.5) is 0 Å². The molecule has 0 spiro atoms. The molecule has 5 nitrogen and oxygen atoms in total. The van der Waals surface area contributed by atoms with Crippen LogP contribution in [0.1, 0.15) is 25.2 Å². The van der Waals surface area contributed by atoms with E-state index in [1.807, 2.05) is 13.8 Å². The monoisotopic (exact) mass is 244 g/mol. The number of hydrazine groups is 1. The Kier molecular flexibility index (Phi) is 3.60. The second kappa shape index (κ2) is 4.43. The van der Waals surface area contributed by atoms with E-state index < -0.39 is 5.41 Å². The minimum atomic E-state index is -0.624. The Bertz CT molecular complexity index is 411. The van der Waals surface area contributed by atoms with E-state index >= 15 is 0 Å². The van der Waals surface area contributed by atoms with E-state index in [-0.39, 0.29) is 5.91 Å².